The molecule has 0 heterocycles. The second-order valence-electron chi connectivity index (χ2n) is 4.15. The van der Waals surface area contributed by atoms with E-state index in [9.17, 15) is 9.90 Å². The number of rotatable bonds is 5. The van der Waals surface area contributed by atoms with Gasteiger partial charge in [0.05, 0.1) is 12.7 Å². The molecule has 0 spiro atoms. The highest BCUT2D eigenvalue weighted by Gasteiger charge is 2.09. The molecule has 0 aliphatic rings. The number of hydrogen-bond donors (Lipinski definition) is 2. The predicted octanol–water partition coefficient (Wildman–Crippen LogP) is 1.35. The molecular weight excluding hydrogens is 256 g/mol. The number of nitrogens with zero attached hydrogens (tertiary/aromatic N) is 1. The maximum Gasteiger partial charge on any atom is 0.258 e. The van der Waals surface area contributed by atoms with Crippen molar-refractivity contribution in [2.75, 3.05) is 13.2 Å². The summed E-state index contributed by atoms with van der Waals surface area (Å²) in [6.45, 7) is -0.406. The molecule has 2 rings (SSSR count). The van der Waals surface area contributed by atoms with E-state index in [0.29, 0.717) is 11.3 Å². The zero-order chi connectivity index (χ0) is 14.4. The number of carbonyl (C=O) groups is 1. The number of hydrogen-bond acceptors (Lipinski definition) is 4. The Morgan fingerprint density at radius 1 is 1.30 bits per heavy atom. The van der Waals surface area contributed by atoms with Crippen LogP contribution in [0.3, 0.4) is 0 Å². The van der Waals surface area contributed by atoms with Gasteiger partial charge in [-0.1, -0.05) is 30.3 Å². The summed E-state index contributed by atoms with van der Waals surface area (Å²) in [6, 6.07) is 13.0. The van der Waals surface area contributed by atoms with Crippen LogP contribution in [0.1, 0.15) is 5.56 Å². The van der Waals surface area contributed by atoms with Crippen molar-refractivity contribution in [1.82, 2.24) is 5.32 Å². The third kappa shape index (κ3) is 3.05. The van der Waals surface area contributed by atoms with Crippen LogP contribution in [0.25, 0.3) is 10.8 Å². The summed E-state index contributed by atoms with van der Waals surface area (Å²) >= 11 is 0. The second kappa shape index (κ2) is 6.55. The van der Waals surface area contributed by atoms with Crippen LogP contribution in [-0.4, -0.2) is 24.2 Å². The molecule has 0 atom stereocenters. The third-order valence-corrected chi connectivity index (χ3v) is 2.88. The second-order valence-corrected chi connectivity index (χ2v) is 4.15. The van der Waals surface area contributed by atoms with E-state index in [1.54, 1.807) is 6.07 Å². The molecule has 0 radical (unpaired) electrons. The van der Waals surface area contributed by atoms with Gasteiger partial charge in [0, 0.05) is 5.56 Å². The SMILES string of the molecule is N#CCNC(=O)COc1ccc2ccccc2c1CO. The molecule has 0 unspecified atom stereocenters. The van der Waals surface area contributed by atoms with Crippen LogP contribution < -0.4 is 10.1 Å². The Balaban J connectivity index is 2.18. The van der Waals surface area contributed by atoms with Crippen molar-refractivity contribution in [2.24, 2.45) is 0 Å². The quantitative estimate of drug-likeness (QED) is 0.803. The Hall–Kier alpha value is -2.58. The molecule has 0 saturated carbocycles. The molecule has 0 fully saturated rings. The van der Waals surface area contributed by atoms with Gasteiger partial charge in [0.25, 0.3) is 5.91 Å². The number of nitrogens with one attached hydrogen (secondary N) is 1. The van der Waals surface area contributed by atoms with Gasteiger partial charge in [-0.25, -0.2) is 0 Å². The lowest BCUT2D eigenvalue weighted by Crippen LogP contribution is -2.29. The zero-order valence-electron chi connectivity index (χ0n) is 10.8. The fourth-order valence-electron chi connectivity index (χ4n) is 1.95. The molecule has 0 bridgehead atoms. The lowest BCUT2D eigenvalue weighted by Gasteiger charge is -2.12. The minimum absolute atomic E-state index is 0.0488. The van der Waals surface area contributed by atoms with Gasteiger partial charge in [-0.3, -0.25) is 4.79 Å². The molecule has 2 N–H and O–H groups in total. The number of amides is 1. The number of benzene rings is 2. The highest BCUT2D eigenvalue weighted by atomic mass is 16.5. The first kappa shape index (κ1) is 13.8. The van der Waals surface area contributed by atoms with E-state index in [0.717, 1.165) is 10.8 Å². The monoisotopic (exact) mass is 270 g/mol. The lowest BCUT2D eigenvalue weighted by molar-refractivity contribution is -0.122. The van der Waals surface area contributed by atoms with Crippen molar-refractivity contribution in [1.29, 1.82) is 5.26 Å². The van der Waals surface area contributed by atoms with Gasteiger partial charge in [0.2, 0.25) is 0 Å². The van der Waals surface area contributed by atoms with Gasteiger partial charge in [-0.15, -0.1) is 0 Å². The van der Waals surface area contributed by atoms with Crippen molar-refractivity contribution in [3.05, 3.63) is 42.0 Å². The van der Waals surface area contributed by atoms with Crippen molar-refractivity contribution in [2.45, 2.75) is 6.61 Å². The smallest absolute Gasteiger partial charge is 0.258 e. The third-order valence-electron chi connectivity index (χ3n) is 2.88. The maximum absolute atomic E-state index is 11.4. The first-order chi connectivity index (χ1) is 9.76. The van der Waals surface area contributed by atoms with Crippen molar-refractivity contribution < 1.29 is 14.6 Å². The first-order valence-corrected chi connectivity index (χ1v) is 6.14. The topological polar surface area (TPSA) is 82.4 Å². The highest BCUT2D eigenvalue weighted by Crippen LogP contribution is 2.27. The van der Waals surface area contributed by atoms with Crippen LogP contribution in [0.4, 0.5) is 0 Å². The number of aliphatic hydroxyl groups excluding tert-OH is 1. The molecule has 0 saturated heterocycles. The first-order valence-electron chi connectivity index (χ1n) is 6.14. The van der Waals surface area contributed by atoms with Crippen LogP contribution in [0.5, 0.6) is 5.75 Å². The van der Waals surface area contributed by atoms with Crippen LogP contribution >= 0.6 is 0 Å². The van der Waals surface area contributed by atoms with Crippen LogP contribution in [0.15, 0.2) is 36.4 Å². The summed E-state index contributed by atoms with van der Waals surface area (Å²) in [5.74, 6) is 0.0990. The van der Waals surface area contributed by atoms with E-state index in [4.69, 9.17) is 10.00 Å². The van der Waals surface area contributed by atoms with E-state index in [-0.39, 0.29) is 25.7 Å². The summed E-state index contributed by atoms with van der Waals surface area (Å²) in [4.78, 5) is 11.4. The fraction of sp³-hybridized carbons (Fsp3) is 0.200. The van der Waals surface area contributed by atoms with E-state index >= 15 is 0 Å². The lowest BCUT2D eigenvalue weighted by atomic mass is 10.0. The van der Waals surface area contributed by atoms with E-state index in [2.05, 4.69) is 5.32 Å². The number of nitriles is 1. The molecular formula is C15H14N2O3. The number of carbonyl (C=O) groups excluding carboxylic acids is 1. The minimum atomic E-state index is -0.372. The molecule has 0 aromatic heterocycles. The predicted molar refractivity (Wildman–Crippen MR) is 74.0 cm³/mol. The molecule has 5 nitrogen and oxygen atoms in total. The van der Waals surface area contributed by atoms with Gasteiger partial charge in [0.1, 0.15) is 12.3 Å². The molecule has 2 aromatic rings. The van der Waals surface area contributed by atoms with Gasteiger partial charge in [-0.2, -0.15) is 5.26 Å². The summed E-state index contributed by atoms with van der Waals surface area (Å²) in [7, 11) is 0. The summed E-state index contributed by atoms with van der Waals surface area (Å²) < 4.78 is 5.41. The van der Waals surface area contributed by atoms with Crippen molar-refractivity contribution in [3.63, 3.8) is 0 Å². The van der Waals surface area contributed by atoms with Crippen LogP contribution in [-0.2, 0) is 11.4 Å². The highest BCUT2D eigenvalue weighted by molar-refractivity contribution is 5.87. The zero-order valence-corrected chi connectivity index (χ0v) is 10.8. The summed E-state index contributed by atoms with van der Waals surface area (Å²) in [6.07, 6.45) is 0. The van der Waals surface area contributed by atoms with E-state index in [1.807, 2.05) is 36.4 Å². The maximum atomic E-state index is 11.4. The molecule has 0 aliphatic carbocycles. The Morgan fingerprint density at radius 3 is 2.85 bits per heavy atom. The fourth-order valence-corrected chi connectivity index (χ4v) is 1.95. The average Bonchev–Trinajstić information content (AvgIpc) is 2.50. The molecule has 102 valence electrons. The average molecular weight is 270 g/mol. The van der Waals surface area contributed by atoms with Gasteiger partial charge in [0.15, 0.2) is 6.61 Å². The summed E-state index contributed by atoms with van der Waals surface area (Å²) in [5.41, 5.74) is 0.649. The van der Waals surface area contributed by atoms with Crippen LogP contribution in [0.2, 0.25) is 0 Å². The molecule has 1 amide bonds. The van der Waals surface area contributed by atoms with Crippen LogP contribution in [0, 0.1) is 11.3 Å². The van der Waals surface area contributed by atoms with Gasteiger partial charge >= 0.3 is 0 Å². The number of aliphatic hydroxyl groups is 1. The molecule has 0 aliphatic heterocycles. The Bertz CT molecular complexity index is 662. The van der Waals surface area contributed by atoms with E-state index < -0.39 is 0 Å². The largest absolute Gasteiger partial charge is 0.483 e. The molecule has 2 aromatic carbocycles. The van der Waals surface area contributed by atoms with Gasteiger partial charge in [-0.05, 0) is 16.8 Å². The van der Waals surface area contributed by atoms with E-state index in [1.165, 1.54) is 0 Å². The standard InChI is InChI=1S/C15H14N2O3/c16-7-8-17-15(19)10-20-14-6-5-11-3-1-2-4-12(11)13(14)9-18/h1-6,18H,8-10H2,(H,17,19). The van der Waals surface area contributed by atoms with Crippen molar-refractivity contribution in [3.8, 4) is 11.8 Å². The van der Waals surface area contributed by atoms with Gasteiger partial charge < -0.3 is 15.2 Å². The molecule has 5 heteroatoms. The normalized spacial score (nSPS) is 10.0. The Kier molecular flexibility index (Phi) is 4.53. The summed E-state index contributed by atoms with van der Waals surface area (Å²) in [5, 5.41) is 22.1. The van der Waals surface area contributed by atoms with Crippen molar-refractivity contribution >= 4 is 16.7 Å². The Morgan fingerprint density at radius 2 is 2.10 bits per heavy atom. The number of fused-ring (bicyclic) bond motifs is 1. The number of ether oxygens (including phenoxy) is 1. The Labute approximate surface area is 116 Å². The minimum Gasteiger partial charge on any atom is -0.483 e. The molecule has 20 heavy (non-hydrogen) atoms.